The highest BCUT2D eigenvalue weighted by molar-refractivity contribution is 5.84. The third kappa shape index (κ3) is 4.50. The molecule has 9 heteroatoms. The molecule has 0 fully saturated rings. The number of nitrogens with zero attached hydrogens (tertiary/aromatic N) is 2. The number of hydrogen-bond acceptors (Lipinski definition) is 6. The van der Waals surface area contributed by atoms with Crippen molar-refractivity contribution in [2.75, 3.05) is 6.61 Å². The topological polar surface area (TPSA) is 114 Å². The summed E-state index contributed by atoms with van der Waals surface area (Å²) in [6.07, 6.45) is 1.16. The van der Waals surface area contributed by atoms with Crippen molar-refractivity contribution in [2.45, 2.75) is 0 Å². The van der Waals surface area contributed by atoms with Gasteiger partial charge < -0.3 is 9.84 Å². The molecule has 0 aliphatic rings. The second-order valence-electron chi connectivity index (χ2n) is 4.52. The normalized spacial score (nSPS) is 10.5. The van der Waals surface area contributed by atoms with Gasteiger partial charge in [-0.05, 0) is 24.3 Å². The highest BCUT2D eigenvalue weighted by Crippen LogP contribution is 2.25. The van der Waals surface area contributed by atoms with Gasteiger partial charge in [-0.25, -0.2) is 9.82 Å². The molecule has 0 spiro atoms. The van der Waals surface area contributed by atoms with Crippen LogP contribution in [0.3, 0.4) is 0 Å². The first-order valence-corrected chi connectivity index (χ1v) is 6.64. The Kier molecular flexibility index (Phi) is 5.40. The van der Waals surface area contributed by atoms with Gasteiger partial charge in [0.25, 0.3) is 5.91 Å². The van der Waals surface area contributed by atoms with Crippen molar-refractivity contribution in [1.82, 2.24) is 5.43 Å². The summed E-state index contributed by atoms with van der Waals surface area (Å²) in [5.41, 5.74) is 1.96. The molecule has 124 valence electrons. The van der Waals surface area contributed by atoms with Gasteiger partial charge in [0.15, 0.2) is 23.9 Å². The van der Waals surface area contributed by atoms with Crippen LogP contribution in [-0.4, -0.2) is 28.8 Å². The number of phenols is 1. The van der Waals surface area contributed by atoms with Gasteiger partial charge >= 0.3 is 5.69 Å². The monoisotopic (exact) mass is 333 g/mol. The van der Waals surface area contributed by atoms with Crippen LogP contribution in [0.15, 0.2) is 47.6 Å². The van der Waals surface area contributed by atoms with Crippen LogP contribution in [0.25, 0.3) is 0 Å². The van der Waals surface area contributed by atoms with E-state index in [2.05, 4.69) is 10.5 Å². The molecule has 0 unspecified atom stereocenters. The molecule has 0 heterocycles. The number of halogens is 1. The average molecular weight is 333 g/mol. The Balaban J connectivity index is 1.90. The Morgan fingerprint density at radius 2 is 2.12 bits per heavy atom. The van der Waals surface area contributed by atoms with Gasteiger partial charge in [0.1, 0.15) is 0 Å². The van der Waals surface area contributed by atoms with E-state index in [1.807, 2.05) is 0 Å². The summed E-state index contributed by atoms with van der Waals surface area (Å²) < 4.78 is 18.3. The van der Waals surface area contributed by atoms with Crippen LogP contribution in [0, 0.1) is 15.9 Å². The van der Waals surface area contributed by atoms with Crippen LogP contribution in [0.4, 0.5) is 10.1 Å². The highest BCUT2D eigenvalue weighted by atomic mass is 19.1. The van der Waals surface area contributed by atoms with Crippen molar-refractivity contribution >= 4 is 17.8 Å². The molecule has 0 aliphatic heterocycles. The van der Waals surface area contributed by atoms with Crippen molar-refractivity contribution < 1.29 is 24.0 Å². The first-order chi connectivity index (χ1) is 11.5. The van der Waals surface area contributed by atoms with Crippen molar-refractivity contribution in [3.05, 3.63) is 64.0 Å². The molecule has 0 bridgehead atoms. The predicted octanol–water partition coefficient (Wildman–Crippen LogP) is 1.97. The minimum absolute atomic E-state index is 0.0641. The third-order valence-corrected chi connectivity index (χ3v) is 2.79. The fraction of sp³-hybridized carbons (Fsp3) is 0.0667. The maximum Gasteiger partial charge on any atom is 0.311 e. The van der Waals surface area contributed by atoms with E-state index in [0.29, 0.717) is 5.56 Å². The summed E-state index contributed by atoms with van der Waals surface area (Å²) in [6, 6.07) is 9.25. The first kappa shape index (κ1) is 16.9. The number of carbonyl (C=O) groups is 1. The number of hydrogen-bond donors (Lipinski definition) is 2. The van der Waals surface area contributed by atoms with Gasteiger partial charge in [-0.2, -0.15) is 5.10 Å². The zero-order chi connectivity index (χ0) is 17.5. The Morgan fingerprint density at radius 1 is 1.38 bits per heavy atom. The summed E-state index contributed by atoms with van der Waals surface area (Å²) in [7, 11) is 0. The van der Waals surface area contributed by atoms with Gasteiger partial charge in [-0.15, -0.1) is 0 Å². The molecule has 0 aromatic heterocycles. The molecular formula is C15H12FN3O5. The molecule has 24 heavy (non-hydrogen) atoms. The number of ether oxygens (including phenoxy) is 1. The lowest BCUT2D eigenvalue weighted by molar-refractivity contribution is -0.385. The lowest BCUT2D eigenvalue weighted by Gasteiger charge is -2.05. The number of carbonyl (C=O) groups excluding carboxylic acids is 1. The zero-order valence-corrected chi connectivity index (χ0v) is 12.2. The molecule has 1 amide bonds. The SMILES string of the molecule is O=C(COc1ccccc1F)N/N=C/c1ccc(O)c([N+](=O)[O-])c1. The van der Waals surface area contributed by atoms with Gasteiger partial charge in [0.05, 0.1) is 11.1 Å². The van der Waals surface area contributed by atoms with E-state index in [9.17, 15) is 24.4 Å². The maximum absolute atomic E-state index is 13.3. The van der Waals surface area contributed by atoms with Gasteiger partial charge in [-0.3, -0.25) is 14.9 Å². The molecule has 2 aromatic rings. The van der Waals surface area contributed by atoms with E-state index in [0.717, 1.165) is 18.3 Å². The number of nitro groups is 1. The van der Waals surface area contributed by atoms with E-state index in [1.54, 1.807) is 6.07 Å². The van der Waals surface area contributed by atoms with E-state index in [-0.39, 0.29) is 5.75 Å². The number of hydrazone groups is 1. The smallest absolute Gasteiger partial charge is 0.311 e. The molecule has 0 saturated carbocycles. The zero-order valence-electron chi connectivity index (χ0n) is 12.2. The number of benzene rings is 2. The Bertz CT molecular complexity index is 794. The minimum Gasteiger partial charge on any atom is -0.502 e. The molecule has 2 aromatic carbocycles. The summed E-state index contributed by atoms with van der Waals surface area (Å²) in [4.78, 5) is 21.5. The third-order valence-electron chi connectivity index (χ3n) is 2.79. The molecule has 2 rings (SSSR count). The second-order valence-corrected chi connectivity index (χ2v) is 4.52. The van der Waals surface area contributed by atoms with Crippen LogP contribution < -0.4 is 10.2 Å². The number of amides is 1. The van der Waals surface area contributed by atoms with Crippen molar-refractivity contribution in [3.8, 4) is 11.5 Å². The highest BCUT2D eigenvalue weighted by Gasteiger charge is 2.12. The van der Waals surface area contributed by atoms with Crippen LogP contribution >= 0.6 is 0 Å². The van der Waals surface area contributed by atoms with Crippen LogP contribution in [0.2, 0.25) is 0 Å². The number of para-hydroxylation sites is 1. The molecule has 0 atom stereocenters. The van der Waals surface area contributed by atoms with Crippen molar-refractivity contribution in [2.24, 2.45) is 5.10 Å². The van der Waals surface area contributed by atoms with E-state index < -0.39 is 34.7 Å². The molecule has 8 nitrogen and oxygen atoms in total. The second kappa shape index (κ2) is 7.68. The number of nitrogens with one attached hydrogen (secondary N) is 1. The van der Waals surface area contributed by atoms with Crippen LogP contribution in [0.5, 0.6) is 11.5 Å². The summed E-state index contributed by atoms with van der Waals surface area (Å²) in [6.45, 7) is -0.450. The standard InChI is InChI=1S/C15H12FN3O5/c16-11-3-1-2-4-14(11)24-9-15(21)18-17-8-10-5-6-13(20)12(7-10)19(22)23/h1-8,20H,9H2,(H,18,21)/b17-8+. The van der Waals surface area contributed by atoms with E-state index in [4.69, 9.17) is 4.74 Å². The van der Waals surface area contributed by atoms with Gasteiger partial charge in [-0.1, -0.05) is 12.1 Å². The summed E-state index contributed by atoms with van der Waals surface area (Å²) in [5.74, 6) is -1.77. The maximum atomic E-state index is 13.3. The molecule has 0 aliphatic carbocycles. The van der Waals surface area contributed by atoms with Crippen molar-refractivity contribution in [1.29, 1.82) is 0 Å². The fourth-order valence-electron chi connectivity index (χ4n) is 1.68. The number of rotatable bonds is 6. The average Bonchev–Trinajstić information content (AvgIpc) is 2.55. The van der Waals surface area contributed by atoms with E-state index in [1.165, 1.54) is 24.3 Å². The Morgan fingerprint density at radius 3 is 2.83 bits per heavy atom. The molecule has 0 saturated heterocycles. The van der Waals surface area contributed by atoms with Crippen molar-refractivity contribution in [3.63, 3.8) is 0 Å². The molecule has 2 N–H and O–H groups in total. The van der Waals surface area contributed by atoms with Crippen LogP contribution in [-0.2, 0) is 4.79 Å². The van der Waals surface area contributed by atoms with Gasteiger partial charge in [0.2, 0.25) is 0 Å². The van der Waals surface area contributed by atoms with Crippen LogP contribution in [0.1, 0.15) is 5.56 Å². The fourth-order valence-corrected chi connectivity index (χ4v) is 1.68. The number of phenolic OH excluding ortho intramolecular Hbond substituents is 1. The quantitative estimate of drug-likeness (QED) is 0.476. The minimum atomic E-state index is -0.743. The lowest BCUT2D eigenvalue weighted by atomic mass is 10.2. The number of aromatic hydroxyl groups is 1. The summed E-state index contributed by atoms with van der Waals surface area (Å²) in [5, 5.41) is 23.6. The summed E-state index contributed by atoms with van der Waals surface area (Å²) >= 11 is 0. The van der Waals surface area contributed by atoms with Gasteiger partial charge in [0, 0.05) is 11.6 Å². The van der Waals surface area contributed by atoms with E-state index >= 15 is 0 Å². The first-order valence-electron chi connectivity index (χ1n) is 6.64. The molecular weight excluding hydrogens is 321 g/mol. The lowest BCUT2D eigenvalue weighted by Crippen LogP contribution is -2.24. The molecule has 0 radical (unpaired) electrons. The Labute approximate surface area is 135 Å². The Hall–Kier alpha value is -3.49. The predicted molar refractivity (Wildman–Crippen MR) is 82.4 cm³/mol. The largest absolute Gasteiger partial charge is 0.502 e. The number of nitro benzene ring substituents is 1.